The molecule has 0 aliphatic carbocycles. The van der Waals surface area contributed by atoms with Crippen LogP contribution in [-0.2, 0) is 9.84 Å². The average molecular weight is 298 g/mol. The maximum absolute atomic E-state index is 12.5. The minimum absolute atomic E-state index is 0.0852. The van der Waals surface area contributed by atoms with Gasteiger partial charge in [-0.1, -0.05) is 6.42 Å². The third-order valence-electron chi connectivity index (χ3n) is 3.55. The number of hydrogen-bond acceptors (Lipinski definition) is 5. The lowest BCUT2D eigenvalue weighted by molar-refractivity contribution is 0.0978. The van der Waals surface area contributed by atoms with Crippen LogP contribution in [0.5, 0.6) is 11.5 Å². The van der Waals surface area contributed by atoms with Crippen LogP contribution < -0.4 is 9.47 Å². The molecule has 110 valence electrons. The van der Waals surface area contributed by atoms with Gasteiger partial charge < -0.3 is 9.47 Å². The third-order valence-corrected chi connectivity index (χ3v) is 5.72. The maximum Gasteiger partial charge on any atom is 0.184 e. The standard InChI is InChI=1S/C14H18O5S/c1-18-10-6-7-11(12(9-10)19-2)14(15)13-5-3-4-8-20(13,16)17/h6-7,9,13H,3-5,8H2,1-2H3. The number of rotatable bonds is 4. The van der Waals surface area contributed by atoms with E-state index < -0.39 is 15.1 Å². The van der Waals surface area contributed by atoms with Crippen LogP contribution in [0.4, 0.5) is 0 Å². The van der Waals surface area contributed by atoms with Crippen molar-refractivity contribution >= 4 is 15.6 Å². The van der Waals surface area contributed by atoms with Crippen molar-refractivity contribution in [2.24, 2.45) is 0 Å². The molecule has 0 bridgehead atoms. The molecule has 1 aliphatic rings. The van der Waals surface area contributed by atoms with Crippen molar-refractivity contribution in [2.75, 3.05) is 20.0 Å². The van der Waals surface area contributed by atoms with E-state index in [0.717, 1.165) is 6.42 Å². The highest BCUT2D eigenvalue weighted by Gasteiger charge is 2.36. The van der Waals surface area contributed by atoms with Gasteiger partial charge in [-0.15, -0.1) is 0 Å². The Morgan fingerprint density at radius 2 is 1.95 bits per heavy atom. The Morgan fingerprint density at radius 3 is 2.55 bits per heavy atom. The lowest BCUT2D eigenvalue weighted by atomic mass is 10.0. The molecule has 0 saturated carbocycles. The number of ether oxygens (including phenoxy) is 2. The number of hydrogen-bond donors (Lipinski definition) is 0. The molecule has 1 unspecified atom stereocenters. The fraction of sp³-hybridized carbons (Fsp3) is 0.500. The van der Waals surface area contributed by atoms with Crippen LogP contribution in [-0.4, -0.2) is 39.4 Å². The molecule has 0 N–H and O–H groups in total. The second-order valence-electron chi connectivity index (χ2n) is 4.78. The molecule has 0 amide bonds. The third kappa shape index (κ3) is 2.80. The van der Waals surface area contributed by atoms with Gasteiger partial charge in [-0.3, -0.25) is 4.79 Å². The van der Waals surface area contributed by atoms with Gasteiger partial charge in [0.1, 0.15) is 16.7 Å². The van der Waals surface area contributed by atoms with Gasteiger partial charge in [0, 0.05) is 6.07 Å². The summed E-state index contributed by atoms with van der Waals surface area (Å²) in [5.74, 6) is 0.603. The number of sulfone groups is 1. The summed E-state index contributed by atoms with van der Waals surface area (Å²) in [6.07, 6.45) is 1.77. The minimum atomic E-state index is -3.35. The number of ketones is 1. The number of carbonyl (C=O) groups excluding carboxylic acids is 1. The quantitative estimate of drug-likeness (QED) is 0.793. The van der Waals surface area contributed by atoms with Gasteiger partial charge in [-0.05, 0) is 25.0 Å². The monoisotopic (exact) mass is 298 g/mol. The molecule has 1 fully saturated rings. The summed E-state index contributed by atoms with van der Waals surface area (Å²) in [7, 11) is -0.387. The van der Waals surface area contributed by atoms with Crippen LogP contribution >= 0.6 is 0 Å². The van der Waals surface area contributed by atoms with Gasteiger partial charge in [-0.25, -0.2) is 8.42 Å². The van der Waals surface area contributed by atoms with Gasteiger partial charge >= 0.3 is 0 Å². The summed E-state index contributed by atoms with van der Waals surface area (Å²) in [5.41, 5.74) is 0.295. The molecule has 0 radical (unpaired) electrons. The van der Waals surface area contributed by atoms with Crippen molar-refractivity contribution in [3.63, 3.8) is 0 Å². The van der Waals surface area contributed by atoms with Crippen LogP contribution in [0.2, 0.25) is 0 Å². The lowest BCUT2D eigenvalue weighted by Crippen LogP contribution is -2.35. The minimum Gasteiger partial charge on any atom is -0.497 e. The van der Waals surface area contributed by atoms with E-state index in [-0.39, 0.29) is 11.5 Å². The highest BCUT2D eigenvalue weighted by molar-refractivity contribution is 7.92. The Bertz CT molecular complexity index is 606. The first-order valence-corrected chi connectivity index (χ1v) is 8.19. The van der Waals surface area contributed by atoms with E-state index in [1.165, 1.54) is 14.2 Å². The van der Waals surface area contributed by atoms with E-state index in [9.17, 15) is 13.2 Å². The van der Waals surface area contributed by atoms with Crippen molar-refractivity contribution in [2.45, 2.75) is 24.5 Å². The summed E-state index contributed by atoms with van der Waals surface area (Å²) in [4.78, 5) is 12.5. The zero-order valence-electron chi connectivity index (χ0n) is 11.6. The molecule has 0 aromatic heterocycles. The highest BCUT2D eigenvalue weighted by atomic mass is 32.2. The molecule has 0 spiro atoms. The Morgan fingerprint density at radius 1 is 1.20 bits per heavy atom. The molecule has 1 saturated heterocycles. The molecule has 20 heavy (non-hydrogen) atoms. The molecule has 1 aliphatic heterocycles. The molecule has 1 heterocycles. The van der Waals surface area contributed by atoms with Crippen molar-refractivity contribution in [1.82, 2.24) is 0 Å². The van der Waals surface area contributed by atoms with Gasteiger partial charge in [0.2, 0.25) is 0 Å². The van der Waals surface area contributed by atoms with E-state index in [2.05, 4.69) is 0 Å². The second kappa shape index (κ2) is 5.83. The van der Waals surface area contributed by atoms with Crippen LogP contribution in [0.1, 0.15) is 29.6 Å². The zero-order chi connectivity index (χ0) is 14.8. The summed E-state index contributed by atoms with van der Waals surface area (Å²) in [5, 5.41) is -0.946. The first-order valence-electron chi connectivity index (χ1n) is 6.47. The van der Waals surface area contributed by atoms with Gasteiger partial charge in [0.05, 0.1) is 25.5 Å². The van der Waals surface area contributed by atoms with Gasteiger partial charge in [0.25, 0.3) is 0 Å². The first-order chi connectivity index (χ1) is 9.49. The lowest BCUT2D eigenvalue weighted by Gasteiger charge is -2.22. The van der Waals surface area contributed by atoms with Crippen molar-refractivity contribution in [1.29, 1.82) is 0 Å². The zero-order valence-corrected chi connectivity index (χ0v) is 12.4. The molecular weight excluding hydrogens is 280 g/mol. The highest BCUT2D eigenvalue weighted by Crippen LogP contribution is 2.29. The molecule has 1 aromatic carbocycles. The topological polar surface area (TPSA) is 69.7 Å². The molecular formula is C14H18O5S. The fourth-order valence-electron chi connectivity index (χ4n) is 2.42. The second-order valence-corrected chi connectivity index (χ2v) is 7.08. The Kier molecular flexibility index (Phi) is 4.32. The summed E-state index contributed by atoms with van der Waals surface area (Å²) >= 11 is 0. The fourth-order valence-corrected chi connectivity index (χ4v) is 4.29. The van der Waals surface area contributed by atoms with Crippen LogP contribution in [0, 0.1) is 0 Å². The molecule has 2 rings (SSSR count). The van der Waals surface area contributed by atoms with E-state index >= 15 is 0 Å². The average Bonchev–Trinajstić information content (AvgIpc) is 2.45. The smallest absolute Gasteiger partial charge is 0.184 e. The molecule has 1 aromatic rings. The van der Waals surface area contributed by atoms with Gasteiger partial charge in [-0.2, -0.15) is 0 Å². The SMILES string of the molecule is COc1ccc(C(=O)C2CCCCS2(=O)=O)c(OC)c1. The van der Waals surface area contributed by atoms with E-state index in [1.54, 1.807) is 18.2 Å². The molecule has 5 nitrogen and oxygen atoms in total. The normalized spacial score (nSPS) is 21.2. The summed E-state index contributed by atoms with van der Waals surface area (Å²) < 4.78 is 34.3. The first kappa shape index (κ1) is 14.8. The predicted molar refractivity (Wildman–Crippen MR) is 75.3 cm³/mol. The molecule has 6 heteroatoms. The number of carbonyl (C=O) groups is 1. The molecule has 1 atom stereocenters. The summed E-state index contributed by atoms with van der Waals surface area (Å²) in [6.45, 7) is 0. The van der Waals surface area contributed by atoms with Crippen LogP contribution in [0.15, 0.2) is 18.2 Å². The summed E-state index contributed by atoms with van der Waals surface area (Å²) in [6, 6.07) is 4.78. The van der Waals surface area contributed by atoms with E-state index in [1.807, 2.05) is 0 Å². The Hall–Kier alpha value is -1.56. The number of Topliss-reactive ketones (excluding diaryl/α,β-unsaturated/α-hetero) is 1. The number of benzene rings is 1. The predicted octanol–water partition coefficient (Wildman–Crippen LogP) is 1.85. The van der Waals surface area contributed by atoms with Crippen LogP contribution in [0.3, 0.4) is 0 Å². The van der Waals surface area contributed by atoms with Crippen molar-refractivity contribution in [3.05, 3.63) is 23.8 Å². The van der Waals surface area contributed by atoms with Crippen molar-refractivity contribution in [3.8, 4) is 11.5 Å². The van der Waals surface area contributed by atoms with Crippen molar-refractivity contribution < 1.29 is 22.7 Å². The van der Waals surface area contributed by atoms with E-state index in [4.69, 9.17) is 9.47 Å². The maximum atomic E-state index is 12.5. The Labute approximate surface area is 118 Å². The largest absolute Gasteiger partial charge is 0.497 e. The Balaban J connectivity index is 2.38. The van der Waals surface area contributed by atoms with Gasteiger partial charge in [0.15, 0.2) is 15.6 Å². The van der Waals surface area contributed by atoms with Crippen LogP contribution in [0.25, 0.3) is 0 Å². The number of methoxy groups -OCH3 is 2. The van der Waals surface area contributed by atoms with E-state index in [0.29, 0.717) is 29.9 Å².